The minimum Gasteiger partial charge on any atom is -0.369 e. The number of amides is 2. The lowest BCUT2D eigenvalue weighted by atomic mass is 10.1. The lowest BCUT2D eigenvalue weighted by Gasteiger charge is -2.14. The molecule has 2 amide bonds. The van der Waals surface area contributed by atoms with Crippen molar-refractivity contribution in [3.05, 3.63) is 63.9 Å². The summed E-state index contributed by atoms with van der Waals surface area (Å²) in [4.78, 5) is 39.8. The van der Waals surface area contributed by atoms with Crippen LogP contribution in [0.3, 0.4) is 0 Å². The van der Waals surface area contributed by atoms with E-state index >= 15 is 0 Å². The minimum absolute atomic E-state index is 0.00204. The normalized spacial score (nSPS) is 11.7. The third-order valence-corrected chi connectivity index (χ3v) is 4.58. The second kappa shape index (κ2) is 7.92. The summed E-state index contributed by atoms with van der Waals surface area (Å²) in [7, 11) is 0. The molecular formula is C18H17N5O3S. The maximum absolute atomic E-state index is 12.5. The van der Waals surface area contributed by atoms with Gasteiger partial charge in [-0.2, -0.15) is 5.10 Å². The fourth-order valence-corrected chi connectivity index (χ4v) is 3.12. The molecule has 0 aliphatic heterocycles. The SMILES string of the molecule is CC(C(=O)Nc1nc(CC(N)=O)cs1)n1nc(-c2ccccc2)ccc1=O. The summed E-state index contributed by atoms with van der Waals surface area (Å²) in [6.45, 7) is 1.58. The van der Waals surface area contributed by atoms with E-state index in [-0.39, 0.29) is 12.0 Å². The summed E-state index contributed by atoms with van der Waals surface area (Å²) in [6.07, 6.45) is 0.00204. The van der Waals surface area contributed by atoms with Crippen LogP contribution in [0.2, 0.25) is 0 Å². The molecule has 0 aliphatic carbocycles. The molecule has 2 heterocycles. The van der Waals surface area contributed by atoms with E-state index in [9.17, 15) is 14.4 Å². The molecular weight excluding hydrogens is 366 g/mol. The summed E-state index contributed by atoms with van der Waals surface area (Å²) >= 11 is 1.18. The maximum atomic E-state index is 12.5. The molecule has 3 aromatic rings. The number of nitrogens with zero attached hydrogens (tertiary/aromatic N) is 3. The number of carbonyl (C=O) groups excluding carboxylic acids is 2. The Morgan fingerprint density at radius 2 is 1.96 bits per heavy atom. The average molecular weight is 383 g/mol. The zero-order valence-electron chi connectivity index (χ0n) is 14.5. The van der Waals surface area contributed by atoms with Crippen molar-refractivity contribution in [1.29, 1.82) is 0 Å². The van der Waals surface area contributed by atoms with Gasteiger partial charge in [-0.15, -0.1) is 11.3 Å². The summed E-state index contributed by atoms with van der Waals surface area (Å²) in [5.41, 5.74) is 6.66. The minimum atomic E-state index is -0.843. The van der Waals surface area contributed by atoms with E-state index < -0.39 is 17.9 Å². The summed E-state index contributed by atoms with van der Waals surface area (Å²) in [5.74, 6) is -0.935. The van der Waals surface area contributed by atoms with E-state index in [2.05, 4.69) is 15.4 Å². The first-order chi connectivity index (χ1) is 12.9. The molecule has 9 heteroatoms. The number of nitrogens with two attached hydrogens (primary N) is 1. The summed E-state index contributed by atoms with van der Waals surface area (Å²) < 4.78 is 1.13. The Hall–Kier alpha value is -3.33. The quantitative estimate of drug-likeness (QED) is 0.670. The van der Waals surface area contributed by atoms with Gasteiger partial charge in [0.05, 0.1) is 17.8 Å². The van der Waals surface area contributed by atoms with Crippen LogP contribution < -0.4 is 16.6 Å². The molecule has 0 aliphatic rings. The van der Waals surface area contributed by atoms with Gasteiger partial charge in [-0.05, 0) is 13.0 Å². The van der Waals surface area contributed by atoms with Gasteiger partial charge in [0.2, 0.25) is 5.91 Å². The molecule has 1 atom stereocenters. The Morgan fingerprint density at radius 3 is 2.67 bits per heavy atom. The van der Waals surface area contributed by atoms with Gasteiger partial charge in [0.15, 0.2) is 5.13 Å². The first-order valence-electron chi connectivity index (χ1n) is 8.13. The molecule has 0 saturated carbocycles. The fourth-order valence-electron chi connectivity index (χ4n) is 2.41. The van der Waals surface area contributed by atoms with Crippen molar-refractivity contribution in [2.45, 2.75) is 19.4 Å². The summed E-state index contributed by atoms with van der Waals surface area (Å²) in [5, 5.41) is 8.93. The first-order valence-corrected chi connectivity index (χ1v) is 9.01. The second-order valence-corrected chi connectivity index (χ2v) is 6.68. The van der Waals surface area contributed by atoms with Crippen LogP contribution in [-0.2, 0) is 16.0 Å². The standard InChI is InChI=1S/C18H17N5O3S/c1-11(17(26)21-18-20-13(10-27-18)9-15(19)24)23-16(25)8-7-14(22-23)12-5-3-2-4-6-12/h2-8,10-11H,9H2,1H3,(H2,19,24)(H,20,21,26). The number of anilines is 1. The number of rotatable bonds is 6. The van der Waals surface area contributed by atoms with Gasteiger partial charge in [0.25, 0.3) is 11.5 Å². The number of nitrogens with one attached hydrogen (secondary N) is 1. The molecule has 0 spiro atoms. The molecule has 0 bridgehead atoms. The Bertz CT molecular complexity index is 1030. The molecule has 1 aromatic carbocycles. The van der Waals surface area contributed by atoms with Crippen LogP contribution in [0, 0.1) is 0 Å². The Balaban J connectivity index is 1.79. The maximum Gasteiger partial charge on any atom is 0.267 e. The molecule has 8 nitrogen and oxygen atoms in total. The first kappa shape index (κ1) is 18.5. The molecule has 138 valence electrons. The number of carbonyl (C=O) groups is 2. The zero-order valence-corrected chi connectivity index (χ0v) is 15.3. The highest BCUT2D eigenvalue weighted by Crippen LogP contribution is 2.18. The highest BCUT2D eigenvalue weighted by Gasteiger charge is 2.19. The van der Waals surface area contributed by atoms with Gasteiger partial charge in [-0.25, -0.2) is 9.67 Å². The van der Waals surface area contributed by atoms with Crippen LogP contribution in [-0.4, -0.2) is 26.6 Å². The van der Waals surface area contributed by atoms with Crippen molar-refractivity contribution >= 4 is 28.3 Å². The van der Waals surface area contributed by atoms with Crippen LogP contribution in [0.5, 0.6) is 0 Å². The Kier molecular flexibility index (Phi) is 5.41. The largest absolute Gasteiger partial charge is 0.369 e. The highest BCUT2D eigenvalue weighted by atomic mass is 32.1. The number of benzene rings is 1. The molecule has 0 saturated heterocycles. The fraction of sp³-hybridized carbons (Fsp3) is 0.167. The topological polar surface area (TPSA) is 120 Å². The van der Waals surface area contributed by atoms with Crippen LogP contribution in [0.15, 0.2) is 52.6 Å². The number of thiazole rings is 1. The lowest BCUT2D eigenvalue weighted by molar-refractivity contribution is -0.119. The van der Waals surface area contributed by atoms with Crippen molar-refractivity contribution in [1.82, 2.24) is 14.8 Å². The van der Waals surface area contributed by atoms with Gasteiger partial charge in [-0.3, -0.25) is 14.4 Å². The molecule has 27 heavy (non-hydrogen) atoms. The van der Waals surface area contributed by atoms with Crippen molar-refractivity contribution in [2.24, 2.45) is 5.73 Å². The molecule has 0 fully saturated rings. The van der Waals surface area contributed by atoms with E-state index in [1.54, 1.807) is 18.4 Å². The van der Waals surface area contributed by atoms with Gasteiger partial charge in [0.1, 0.15) is 6.04 Å². The van der Waals surface area contributed by atoms with Crippen molar-refractivity contribution in [2.75, 3.05) is 5.32 Å². The average Bonchev–Trinajstić information content (AvgIpc) is 3.08. The van der Waals surface area contributed by atoms with Crippen molar-refractivity contribution < 1.29 is 9.59 Å². The number of hydrogen-bond acceptors (Lipinski definition) is 6. The smallest absolute Gasteiger partial charge is 0.267 e. The molecule has 3 N–H and O–H groups in total. The molecule has 3 rings (SSSR count). The van der Waals surface area contributed by atoms with E-state index in [1.807, 2.05) is 30.3 Å². The van der Waals surface area contributed by atoms with Gasteiger partial charge in [-0.1, -0.05) is 30.3 Å². The second-order valence-electron chi connectivity index (χ2n) is 5.82. The van der Waals surface area contributed by atoms with Gasteiger partial charge in [0, 0.05) is 17.0 Å². The van der Waals surface area contributed by atoms with Gasteiger partial charge >= 0.3 is 0 Å². The van der Waals surface area contributed by atoms with E-state index in [1.165, 1.54) is 17.4 Å². The predicted octanol–water partition coefficient (Wildman–Crippen LogP) is 1.59. The van der Waals surface area contributed by atoms with E-state index in [0.29, 0.717) is 16.5 Å². The van der Waals surface area contributed by atoms with Crippen LogP contribution in [0.1, 0.15) is 18.7 Å². The number of hydrogen-bond donors (Lipinski definition) is 2. The Morgan fingerprint density at radius 1 is 1.22 bits per heavy atom. The summed E-state index contributed by atoms with van der Waals surface area (Å²) in [6, 6.07) is 11.5. The van der Waals surface area contributed by atoms with Crippen LogP contribution in [0.4, 0.5) is 5.13 Å². The third kappa shape index (κ3) is 4.45. The van der Waals surface area contributed by atoms with Gasteiger partial charge < -0.3 is 11.1 Å². The van der Waals surface area contributed by atoms with Crippen LogP contribution in [0.25, 0.3) is 11.3 Å². The molecule has 2 aromatic heterocycles. The monoisotopic (exact) mass is 383 g/mol. The number of primary amides is 1. The predicted molar refractivity (Wildman–Crippen MR) is 102 cm³/mol. The molecule has 0 radical (unpaired) electrons. The van der Waals surface area contributed by atoms with Crippen LogP contribution >= 0.6 is 11.3 Å². The third-order valence-electron chi connectivity index (χ3n) is 3.78. The van der Waals surface area contributed by atoms with Crippen molar-refractivity contribution in [3.8, 4) is 11.3 Å². The lowest BCUT2D eigenvalue weighted by Crippen LogP contribution is -2.33. The zero-order chi connectivity index (χ0) is 19.4. The van der Waals surface area contributed by atoms with Crippen molar-refractivity contribution in [3.63, 3.8) is 0 Å². The number of aromatic nitrogens is 3. The molecule has 1 unspecified atom stereocenters. The van der Waals surface area contributed by atoms with E-state index in [4.69, 9.17) is 5.73 Å². The Labute approximate surface area is 158 Å². The highest BCUT2D eigenvalue weighted by molar-refractivity contribution is 7.13. The van der Waals surface area contributed by atoms with E-state index in [0.717, 1.165) is 10.2 Å².